The molecule has 2 rings (SSSR count). The highest BCUT2D eigenvalue weighted by molar-refractivity contribution is 5.94. The van der Waals surface area contributed by atoms with E-state index >= 15 is 0 Å². The molecular weight excluding hydrogens is 170 g/mol. The van der Waals surface area contributed by atoms with Gasteiger partial charge >= 0.3 is 5.97 Å². The molecule has 66 valence electrons. The number of fused-ring (bicyclic) bond motifs is 1. The van der Waals surface area contributed by atoms with Gasteiger partial charge in [-0.05, 0) is 0 Å². The normalized spacial score (nSPS) is 10.5. The van der Waals surface area contributed by atoms with Crippen LogP contribution < -0.4 is 0 Å². The predicted molar refractivity (Wildman–Crippen MR) is 47.6 cm³/mol. The third-order valence-corrected chi connectivity index (χ3v) is 1.83. The molecule has 0 aliphatic heterocycles. The van der Waals surface area contributed by atoms with E-state index in [0.29, 0.717) is 11.1 Å². The van der Waals surface area contributed by atoms with Crippen LogP contribution in [0.3, 0.4) is 0 Å². The Morgan fingerprint density at radius 2 is 2.46 bits per heavy atom. The second kappa shape index (κ2) is 2.52. The van der Waals surface area contributed by atoms with Crippen LogP contribution in [0, 0.1) is 0 Å². The standard InChI is InChI=1S/C9H7NO3/c1-2-5-4-13-7-3-6(9(11)12)10-8(5)7/h2-4,10H,1H2,(H,11,12). The maximum atomic E-state index is 10.6. The first-order valence-electron chi connectivity index (χ1n) is 3.68. The van der Waals surface area contributed by atoms with Gasteiger partial charge < -0.3 is 14.5 Å². The number of carboxylic acid groups (broad SMARTS) is 1. The third kappa shape index (κ3) is 1.03. The molecule has 0 fully saturated rings. The minimum absolute atomic E-state index is 0.123. The number of hydrogen-bond acceptors (Lipinski definition) is 2. The first kappa shape index (κ1) is 7.67. The van der Waals surface area contributed by atoms with Gasteiger partial charge in [0, 0.05) is 11.6 Å². The fourth-order valence-electron chi connectivity index (χ4n) is 1.19. The number of aromatic nitrogens is 1. The largest absolute Gasteiger partial charge is 0.477 e. The molecule has 0 atom stereocenters. The van der Waals surface area contributed by atoms with Gasteiger partial charge in [0.05, 0.1) is 5.52 Å². The molecule has 2 aromatic rings. The summed E-state index contributed by atoms with van der Waals surface area (Å²) in [7, 11) is 0. The highest BCUT2D eigenvalue weighted by atomic mass is 16.4. The summed E-state index contributed by atoms with van der Waals surface area (Å²) >= 11 is 0. The minimum atomic E-state index is -0.999. The molecule has 0 unspecified atom stereocenters. The number of aromatic carboxylic acids is 1. The van der Waals surface area contributed by atoms with E-state index in [9.17, 15) is 4.79 Å². The molecule has 2 N–H and O–H groups in total. The number of furan rings is 1. The van der Waals surface area contributed by atoms with Crippen LogP contribution in [-0.2, 0) is 0 Å². The Labute approximate surface area is 73.5 Å². The van der Waals surface area contributed by atoms with Crippen LogP contribution in [0.2, 0.25) is 0 Å². The second-order valence-corrected chi connectivity index (χ2v) is 2.62. The van der Waals surface area contributed by atoms with Gasteiger partial charge in [0.15, 0.2) is 5.58 Å². The van der Waals surface area contributed by atoms with Crippen LogP contribution >= 0.6 is 0 Å². The SMILES string of the molecule is C=Cc1coc2cc(C(=O)O)[nH]c12. The highest BCUT2D eigenvalue weighted by Gasteiger charge is 2.11. The van der Waals surface area contributed by atoms with Gasteiger partial charge in [-0.3, -0.25) is 0 Å². The molecule has 0 aliphatic rings. The van der Waals surface area contributed by atoms with Gasteiger partial charge in [-0.1, -0.05) is 12.7 Å². The van der Waals surface area contributed by atoms with E-state index in [0.717, 1.165) is 5.56 Å². The lowest BCUT2D eigenvalue weighted by molar-refractivity contribution is 0.0691. The van der Waals surface area contributed by atoms with Crippen molar-refractivity contribution in [3.63, 3.8) is 0 Å². The number of carbonyl (C=O) groups is 1. The zero-order valence-corrected chi connectivity index (χ0v) is 6.70. The smallest absolute Gasteiger partial charge is 0.352 e. The molecule has 0 bridgehead atoms. The van der Waals surface area contributed by atoms with Gasteiger partial charge in [-0.2, -0.15) is 0 Å². The average molecular weight is 177 g/mol. The van der Waals surface area contributed by atoms with E-state index < -0.39 is 5.97 Å². The monoisotopic (exact) mass is 177 g/mol. The van der Waals surface area contributed by atoms with Gasteiger partial charge in [-0.15, -0.1) is 0 Å². The van der Waals surface area contributed by atoms with Gasteiger partial charge in [0.25, 0.3) is 0 Å². The molecule has 0 spiro atoms. The van der Waals surface area contributed by atoms with E-state index in [1.807, 2.05) is 0 Å². The number of nitrogens with one attached hydrogen (secondary N) is 1. The zero-order valence-electron chi connectivity index (χ0n) is 6.70. The molecule has 4 nitrogen and oxygen atoms in total. The van der Waals surface area contributed by atoms with Crippen molar-refractivity contribution < 1.29 is 14.3 Å². The number of rotatable bonds is 2. The van der Waals surface area contributed by atoms with E-state index in [-0.39, 0.29) is 5.69 Å². The van der Waals surface area contributed by atoms with Crippen molar-refractivity contribution in [2.75, 3.05) is 0 Å². The highest BCUT2D eigenvalue weighted by Crippen LogP contribution is 2.22. The molecule has 0 radical (unpaired) electrons. The molecule has 4 heteroatoms. The molecular formula is C9H7NO3. The average Bonchev–Trinajstić information content (AvgIpc) is 2.60. The quantitative estimate of drug-likeness (QED) is 0.738. The summed E-state index contributed by atoms with van der Waals surface area (Å²) in [5.74, 6) is -0.999. The van der Waals surface area contributed by atoms with Crippen molar-refractivity contribution in [2.24, 2.45) is 0 Å². The first-order valence-corrected chi connectivity index (χ1v) is 3.68. The summed E-state index contributed by atoms with van der Waals surface area (Å²) in [5.41, 5.74) is 2.10. The van der Waals surface area contributed by atoms with Crippen LogP contribution in [0.1, 0.15) is 16.1 Å². The van der Waals surface area contributed by atoms with Crippen molar-refractivity contribution in [2.45, 2.75) is 0 Å². The zero-order chi connectivity index (χ0) is 9.42. The van der Waals surface area contributed by atoms with Crippen LogP contribution in [-0.4, -0.2) is 16.1 Å². The van der Waals surface area contributed by atoms with Crippen molar-refractivity contribution in [3.05, 3.63) is 30.2 Å². The fraction of sp³-hybridized carbons (Fsp3) is 0. The van der Waals surface area contributed by atoms with Crippen LogP contribution in [0.25, 0.3) is 17.2 Å². The minimum Gasteiger partial charge on any atom is -0.477 e. The first-order chi connectivity index (χ1) is 6.22. The number of hydrogen-bond donors (Lipinski definition) is 2. The van der Waals surface area contributed by atoms with Gasteiger partial charge in [-0.25, -0.2) is 4.79 Å². The molecule has 2 aromatic heterocycles. The fourth-order valence-corrected chi connectivity index (χ4v) is 1.19. The Morgan fingerprint density at radius 1 is 1.69 bits per heavy atom. The molecule has 0 saturated heterocycles. The van der Waals surface area contributed by atoms with E-state index in [4.69, 9.17) is 9.52 Å². The summed E-state index contributed by atoms with van der Waals surface area (Å²) in [6, 6.07) is 1.45. The van der Waals surface area contributed by atoms with Gasteiger partial charge in [0.2, 0.25) is 0 Å². The van der Waals surface area contributed by atoms with Crippen molar-refractivity contribution in [1.82, 2.24) is 4.98 Å². The molecule has 0 saturated carbocycles. The van der Waals surface area contributed by atoms with Gasteiger partial charge in [0.1, 0.15) is 12.0 Å². The summed E-state index contributed by atoms with van der Waals surface area (Å²) < 4.78 is 5.10. The van der Waals surface area contributed by atoms with Crippen molar-refractivity contribution in [3.8, 4) is 0 Å². The molecule has 13 heavy (non-hydrogen) atoms. The molecule has 0 amide bonds. The summed E-state index contributed by atoms with van der Waals surface area (Å²) in [5, 5.41) is 8.67. The van der Waals surface area contributed by atoms with Crippen molar-refractivity contribution in [1.29, 1.82) is 0 Å². The van der Waals surface area contributed by atoms with E-state index in [1.165, 1.54) is 12.3 Å². The molecule has 2 heterocycles. The lowest BCUT2D eigenvalue weighted by Gasteiger charge is -1.85. The Hall–Kier alpha value is -1.97. The number of aromatic amines is 1. The van der Waals surface area contributed by atoms with Crippen molar-refractivity contribution >= 4 is 23.1 Å². The summed E-state index contributed by atoms with van der Waals surface area (Å²) in [6.07, 6.45) is 3.13. The lowest BCUT2D eigenvalue weighted by atomic mass is 10.3. The predicted octanol–water partition coefficient (Wildman–Crippen LogP) is 2.10. The Morgan fingerprint density at radius 3 is 3.08 bits per heavy atom. The number of carboxylic acids is 1. The molecule has 0 aliphatic carbocycles. The summed E-state index contributed by atoms with van der Waals surface area (Å²) in [6.45, 7) is 3.58. The Balaban J connectivity index is 2.69. The second-order valence-electron chi connectivity index (χ2n) is 2.62. The van der Waals surface area contributed by atoms with Crippen LogP contribution in [0.5, 0.6) is 0 Å². The van der Waals surface area contributed by atoms with E-state index in [2.05, 4.69) is 11.6 Å². The topological polar surface area (TPSA) is 66.2 Å². The maximum Gasteiger partial charge on any atom is 0.352 e. The maximum absolute atomic E-state index is 10.6. The van der Waals surface area contributed by atoms with Crippen LogP contribution in [0.15, 0.2) is 23.3 Å². The number of H-pyrrole nitrogens is 1. The lowest BCUT2D eigenvalue weighted by Crippen LogP contribution is -1.95. The Kier molecular flexibility index (Phi) is 1.48. The van der Waals surface area contributed by atoms with E-state index in [1.54, 1.807) is 6.08 Å². The third-order valence-electron chi connectivity index (χ3n) is 1.83. The molecule has 0 aromatic carbocycles. The summed E-state index contributed by atoms with van der Waals surface area (Å²) in [4.78, 5) is 13.3. The van der Waals surface area contributed by atoms with Crippen LogP contribution in [0.4, 0.5) is 0 Å². The Bertz CT molecular complexity index is 478.